The van der Waals surface area contributed by atoms with E-state index in [2.05, 4.69) is 10.6 Å². The van der Waals surface area contributed by atoms with Gasteiger partial charge in [0.15, 0.2) is 6.29 Å². The summed E-state index contributed by atoms with van der Waals surface area (Å²) in [5.74, 6) is 0.487. The predicted molar refractivity (Wildman–Crippen MR) is 78.5 cm³/mol. The van der Waals surface area contributed by atoms with Crippen LogP contribution in [0.25, 0.3) is 0 Å². The highest BCUT2D eigenvalue weighted by Gasteiger charge is 2.63. The van der Waals surface area contributed by atoms with Crippen LogP contribution in [0, 0.1) is 11.8 Å². The van der Waals surface area contributed by atoms with Crippen LogP contribution >= 0.6 is 0 Å². The van der Waals surface area contributed by atoms with Gasteiger partial charge in [0, 0.05) is 37.4 Å². The average molecular weight is 305 g/mol. The van der Waals surface area contributed by atoms with Gasteiger partial charge in [-0.25, -0.2) is 10.3 Å². The molecular weight excluding hydrogens is 282 g/mol. The quantitative estimate of drug-likeness (QED) is 0.859. The van der Waals surface area contributed by atoms with Crippen molar-refractivity contribution in [2.75, 3.05) is 6.61 Å². The Morgan fingerprint density at radius 2 is 2.41 bits per heavy atom. The maximum absolute atomic E-state index is 12.6. The number of aromatic nitrogens is 2. The molecule has 2 heterocycles. The summed E-state index contributed by atoms with van der Waals surface area (Å²) in [5, 5.41) is 4.28. The molecule has 1 saturated heterocycles. The Labute approximate surface area is 130 Å². The molecule has 0 aromatic carbocycles. The minimum absolute atomic E-state index is 0.00382. The highest BCUT2D eigenvalue weighted by Crippen LogP contribution is 2.63. The standard InChI is InChI=1S/C16H23N3O3/c1-19-12(6-8-17-19)16-7-5-11(10-16)14(16)15(20)18-22-13-4-2-3-9-21-13/h6,8,11,13-14H,2-5,7,9-10H2,1H3,(H,18,20)/t11-,13?,14+,16+/m0/s1. The average Bonchev–Trinajstić information content (AvgIpc) is 3.20. The van der Waals surface area contributed by atoms with Crippen molar-refractivity contribution in [2.24, 2.45) is 18.9 Å². The van der Waals surface area contributed by atoms with Crippen molar-refractivity contribution in [1.82, 2.24) is 15.3 Å². The van der Waals surface area contributed by atoms with E-state index in [1.165, 1.54) is 5.69 Å². The van der Waals surface area contributed by atoms with Crippen LogP contribution in [0.15, 0.2) is 12.3 Å². The van der Waals surface area contributed by atoms with E-state index in [9.17, 15) is 4.79 Å². The van der Waals surface area contributed by atoms with Gasteiger partial charge in [0.1, 0.15) is 0 Å². The number of rotatable bonds is 4. The van der Waals surface area contributed by atoms with Crippen molar-refractivity contribution in [2.45, 2.75) is 50.2 Å². The molecular formula is C16H23N3O3. The Balaban J connectivity index is 1.43. The number of ether oxygens (including phenoxy) is 1. The number of hydrogen-bond acceptors (Lipinski definition) is 4. The fourth-order valence-corrected chi connectivity index (χ4v) is 4.68. The largest absolute Gasteiger partial charge is 0.350 e. The third-order valence-corrected chi connectivity index (χ3v) is 5.70. The van der Waals surface area contributed by atoms with Crippen molar-refractivity contribution in [1.29, 1.82) is 0 Å². The lowest BCUT2D eigenvalue weighted by atomic mass is 9.58. The number of amides is 1. The van der Waals surface area contributed by atoms with E-state index in [1.54, 1.807) is 0 Å². The second-order valence-corrected chi connectivity index (χ2v) is 6.86. The molecule has 3 aliphatic carbocycles. The summed E-state index contributed by atoms with van der Waals surface area (Å²) in [6.45, 7) is 0.714. The first-order chi connectivity index (χ1) is 10.7. The van der Waals surface area contributed by atoms with Crippen molar-refractivity contribution in [3.63, 3.8) is 0 Å². The lowest BCUT2D eigenvalue weighted by Gasteiger charge is -2.46. The smallest absolute Gasteiger partial charge is 0.247 e. The second kappa shape index (κ2) is 5.35. The first kappa shape index (κ1) is 14.2. The Hall–Kier alpha value is -1.40. The molecule has 2 bridgehead atoms. The molecule has 4 aliphatic rings. The number of hydroxylamine groups is 1. The number of carbonyl (C=O) groups is 1. The van der Waals surface area contributed by atoms with E-state index >= 15 is 0 Å². The summed E-state index contributed by atoms with van der Waals surface area (Å²) in [5.41, 5.74) is 3.80. The molecule has 1 unspecified atom stereocenters. The number of carbonyl (C=O) groups excluding carboxylic acids is 1. The van der Waals surface area contributed by atoms with Crippen LogP contribution in [0.5, 0.6) is 0 Å². The van der Waals surface area contributed by atoms with Gasteiger partial charge in [-0.1, -0.05) is 0 Å². The van der Waals surface area contributed by atoms with Crippen LogP contribution in [0.4, 0.5) is 0 Å². The van der Waals surface area contributed by atoms with Crippen LogP contribution in [0.2, 0.25) is 0 Å². The Morgan fingerprint density at radius 3 is 3.09 bits per heavy atom. The summed E-state index contributed by atoms with van der Waals surface area (Å²) in [7, 11) is 1.96. The molecule has 1 aliphatic heterocycles. The van der Waals surface area contributed by atoms with E-state index in [1.807, 2.05) is 24.0 Å². The third kappa shape index (κ3) is 2.08. The van der Waals surface area contributed by atoms with Crippen LogP contribution in [-0.2, 0) is 26.8 Å². The van der Waals surface area contributed by atoms with Crippen molar-refractivity contribution < 1.29 is 14.4 Å². The number of aryl methyl sites for hydroxylation is 1. The molecule has 6 nitrogen and oxygen atoms in total. The molecule has 1 N–H and O–H groups in total. The number of nitrogens with zero attached hydrogens (tertiary/aromatic N) is 2. The first-order valence-electron chi connectivity index (χ1n) is 8.26. The van der Waals surface area contributed by atoms with Gasteiger partial charge >= 0.3 is 0 Å². The zero-order valence-corrected chi connectivity index (χ0v) is 13.0. The van der Waals surface area contributed by atoms with Crippen molar-refractivity contribution in [3.05, 3.63) is 18.0 Å². The van der Waals surface area contributed by atoms with Crippen molar-refractivity contribution >= 4 is 5.91 Å². The summed E-state index contributed by atoms with van der Waals surface area (Å²) < 4.78 is 7.40. The van der Waals surface area contributed by atoms with Gasteiger partial charge in [-0.05, 0) is 44.1 Å². The summed E-state index contributed by atoms with van der Waals surface area (Å²) >= 11 is 0. The summed E-state index contributed by atoms with van der Waals surface area (Å²) in [4.78, 5) is 18.1. The summed E-state index contributed by atoms with van der Waals surface area (Å²) in [6.07, 6.45) is 7.80. The highest BCUT2D eigenvalue weighted by atomic mass is 16.8. The molecule has 5 rings (SSSR count). The Morgan fingerprint density at radius 1 is 1.50 bits per heavy atom. The van der Waals surface area contributed by atoms with Gasteiger partial charge < -0.3 is 4.74 Å². The minimum Gasteiger partial charge on any atom is -0.350 e. The molecule has 4 atom stereocenters. The third-order valence-electron chi connectivity index (χ3n) is 5.70. The molecule has 6 heteroatoms. The van der Waals surface area contributed by atoms with E-state index in [0.29, 0.717) is 12.5 Å². The van der Waals surface area contributed by atoms with E-state index in [4.69, 9.17) is 9.57 Å². The molecule has 1 amide bonds. The lowest BCUT2D eigenvalue weighted by molar-refractivity contribution is -0.205. The minimum atomic E-state index is -0.289. The van der Waals surface area contributed by atoms with Gasteiger partial charge in [0.05, 0.1) is 5.92 Å². The normalized spacial score (nSPS) is 36.9. The van der Waals surface area contributed by atoms with Gasteiger partial charge in [-0.3, -0.25) is 9.48 Å². The highest BCUT2D eigenvalue weighted by molar-refractivity contribution is 5.82. The van der Waals surface area contributed by atoms with Gasteiger partial charge in [0.25, 0.3) is 0 Å². The molecule has 3 saturated carbocycles. The molecule has 1 aromatic rings. The second-order valence-electron chi connectivity index (χ2n) is 6.86. The van der Waals surface area contributed by atoms with Gasteiger partial charge in [-0.15, -0.1) is 0 Å². The van der Waals surface area contributed by atoms with Crippen molar-refractivity contribution in [3.8, 4) is 0 Å². The molecule has 22 heavy (non-hydrogen) atoms. The van der Waals surface area contributed by atoms with Gasteiger partial charge in [-0.2, -0.15) is 5.10 Å². The number of fused-ring (bicyclic) bond motifs is 1. The maximum Gasteiger partial charge on any atom is 0.247 e. The monoisotopic (exact) mass is 305 g/mol. The predicted octanol–water partition coefficient (Wildman–Crippen LogP) is 1.66. The van der Waals surface area contributed by atoms with E-state index in [-0.39, 0.29) is 23.5 Å². The Bertz CT molecular complexity index is 563. The molecule has 1 aromatic heterocycles. The zero-order valence-electron chi connectivity index (χ0n) is 13.0. The van der Waals surface area contributed by atoms with Crippen LogP contribution in [-0.4, -0.2) is 28.6 Å². The lowest BCUT2D eigenvalue weighted by Crippen LogP contribution is -2.53. The molecule has 0 spiro atoms. The molecule has 120 valence electrons. The number of nitrogens with one attached hydrogen (secondary N) is 1. The SMILES string of the molecule is Cn1nccc1[C@@]12CC[C@@H](C1)[C@@H]2C(=O)NOC1CCCCO1. The molecule has 0 radical (unpaired) electrons. The van der Waals surface area contributed by atoms with Crippen LogP contribution in [0.1, 0.15) is 44.2 Å². The molecule has 4 fully saturated rings. The fourth-order valence-electron chi connectivity index (χ4n) is 4.68. The van der Waals surface area contributed by atoms with E-state index in [0.717, 1.165) is 38.5 Å². The van der Waals surface area contributed by atoms with E-state index < -0.39 is 0 Å². The van der Waals surface area contributed by atoms with Gasteiger partial charge in [0.2, 0.25) is 5.91 Å². The topological polar surface area (TPSA) is 65.4 Å². The first-order valence-corrected chi connectivity index (χ1v) is 8.26. The Kier molecular flexibility index (Phi) is 3.46. The fraction of sp³-hybridized carbons (Fsp3) is 0.750. The van der Waals surface area contributed by atoms with Crippen LogP contribution in [0.3, 0.4) is 0 Å². The zero-order chi connectivity index (χ0) is 15.2. The number of hydrogen-bond donors (Lipinski definition) is 1. The summed E-state index contributed by atoms with van der Waals surface area (Å²) in [6, 6.07) is 2.05. The maximum atomic E-state index is 12.6. The van der Waals surface area contributed by atoms with Crippen LogP contribution < -0.4 is 5.48 Å².